The van der Waals surface area contributed by atoms with E-state index in [1.165, 1.54) is 11.8 Å². The molecule has 3 rings (SSSR count). The SMILES string of the molecule is N#Cc1c(SCc2ccccc2)[nH]c2ccccc2c1=O. The molecule has 2 aromatic carbocycles. The van der Waals surface area contributed by atoms with Gasteiger partial charge in [-0.05, 0) is 17.7 Å². The zero-order chi connectivity index (χ0) is 14.7. The van der Waals surface area contributed by atoms with Gasteiger partial charge in [0.05, 0.1) is 10.5 Å². The summed E-state index contributed by atoms with van der Waals surface area (Å²) in [7, 11) is 0. The minimum Gasteiger partial charge on any atom is -0.348 e. The van der Waals surface area contributed by atoms with E-state index in [4.69, 9.17) is 0 Å². The molecule has 0 aliphatic carbocycles. The van der Waals surface area contributed by atoms with Crippen molar-refractivity contribution in [1.82, 2.24) is 4.98 Å². The van der Waals surface area contributed by atoms with Gasteiger partial charge in [-0.3, -0.25) is 4.79 Å². The number of nitrogens with zero attached hydrogens (tertiary/aromatic N) is 1. The highest BCUT2D eigenvalue weighted by Crippen LogP contribution is 2.24. The van der Waals surface area contributed by atoms with Crippen LogP contribution in [0.15, 0.2) is 64.4 Å². The molecule has 4 heteroatoms. The summed E-state index contributed by atoms with van der Waals surface area (Å²) in [5.74, 6) is 0.712. The van der Waals surface area contributed by atoms with Gasteiger partial charge in [-0.25, -0.2) is 0 Å². The lowest BCUT2D eigenvalue weighted by Gasteiger charge is -2.06. The molecule has 1 heterocycles. The van der Waals surface area contributed by atoms with Crippen LogP contribution in [0.3, 0.4) is 0 Å². The maximum Gasteiger partial charge on any atom is 0.208 e. The Morgan fingerprint density at radius 3 is 2.52 bits per heavy atom. The van der Waals surface area contributed by atoms with Crippen LogP contribution >= 0.6 is 11.8 Å². The Bertz CT molecular complexity index is 879. The monoisotopic (exact) mass is 292 g/mol. The summed E-state index contributed by atoms with van der Waals surface area (Å²) in [4.78, 5) is 15.5. The first-order valence-corrected chi connectivity index (χ1v) is 7.50. The molecule has 0 fully saturated rings. The molecular weight excluding hydrogens is 280 g/mol. The van der Waals surface area contributed by atoms with Crippen molar-refractivity contribution >= 4 is 22.7 Å². The standard InChI is InChI=1S/C17H12N2OS/c18-10-14-16(20)13-8-4-5-9-15(13)19-17(14)21-11-12-6-2-1-3-7-12/h1-9H,11H2,(H,19,20). The molecule has 0 spiro atoms. The van der Waals surface area contributed by atoms with Gasteiger partial charge < -0.3 is 4.98 Å². The van der Waals surface area contributed by atoms with Crippen LogP contribution in [0.1, 0.15) is 11.1 Å². The van der Waals surface area contributed by atoms with Crippen LogP contribution in [0.25, 0.3) is 10.9 Å². The number of H-pyrrole nitrogens is 1. The molecule has 0 amide bonds. The van der Waals surface area contributed by atoms with Gasteiger partial charge in [-0.2, -0.15) is 5.26 Å². The molecule has 0 bridgehead atoms. The number of pyridine rings is 1. The fourth-order valence-electron chi connectivity index (χ4n) is 2.15. The van der Waals surface area contributed by atoms with Crippen molar-refractivity contribution in [2.24, 2.45) is 0 Å². The second-order valence-electron chi connectivity index (χ2n) is 4.59. The smallest absolute Gasteiger partial charge is 0.208 e. The second-order valence-corrected chi connectivity index (χ2v) is 5.58. The number of hydrogen-bond donors (Lipinski definition) is 1. The molecule has 1 N–H and O–H groups in total. The van der Waals surface area contributed by atoms with Crippen LogP contribution in [0.2, 0.25) is 0 Å². The Hall–Kier alpha value is -2.51. The van der Waals surface area contributed by atoms with Gasteiger partial charge in [-0.1, -0.05) is 42.5 Å². The van der Waals surface area contributed by atoms with Crippen molar-refractivity contribution in [1.29, 1.82) is 5.26 Å². The molecule has 0 atom stereocenters. The van der Waals surface area contributed by atoms with Crippen LogP contribution in [-0.2, 0) is 5.75 Å². The van der Waals surface area contributed by atoms with E-state index in [-0.39, 0.29) is 11.0 Å². The third-order valence-corrected chi connectivity index (χ3v) is 4.28. The van der Waals surface area contributed by atoms with Crippen LogP contribution in [0.4, 0.5) is 0 Å². The van der Waals surface area contributed by atoms with E-state index in [0.29, 0.717) is 16.2 Å². The molecule has 0 aliphatic rings. The molecule has 21 heavy (non-hydrogen) atoms. The van der Waals surface area contributed by atoms with E-state index in [1.807, 2.05) is 48.5 Å². The molecule has 0 aliphatic heterocycles. The third kappa shape index (κ3) is 2.69. The summed E-state index contributed by atoms with van der Waals surface area (Å²) in [6.45, 7) is 0. The fourth-order valence-corrected chi connectivity index (χ4v) is 3.12. The molecule has 0 saturated heterocycles. The Morgan fingerprint density at radius 2 is 1.76 bits per heavy atom. The zero-order valence-electron chi connectivity index (χ0n) is 11.2. The van der Waals surface area contributed by atoms with E-state index in [0.717, 1.165) is 11.1 Å². The number of fused-ring (bicyclic) bond motifs is 1. The number of nitriles is 1. The predicted molar refractivity (Wildman–Crippen MR) is 85.3 cm³/mol. The van der Waals surface area contributed by atoms with Gasteiger partial charge in [0, 0.05) is 11.1 Å². The Labute approximate surface area is 126 Å². The molecule has 0 unspecified atom stereocenters. The number of thioether (sulfide) groups is 1. The first-order chi connectivity index (χ1) is 10.3. The van der Waals surface area contributed by atoms with Gasteiger partial charge >= 0.3 is 0 Å². The van der Waals surface area contributed by atoms with Gasteiger partial charge in [0.15, 0.2) is 0 Å². The maximum absolute atomic E-state index is 12.3. The summed E-state index contributed by atoms with van der Waals surface area (Å²) in [5, 5.41) is 10.5. The summed E-state index contributed by atoms with van der Waals surface area (Å²) < 4.78 is 0. The van der Waals surface area contributed by atoms with Gasteiger partial charge in [0.1, 0.15) is 11.6 Å². The number of hydrogen-bond acceptors (Lipinski definition) is 3. The summed E-state index contributed by atoms with van der Waals surface area (Å²) in [6, 6.07) is 19.3. The van der Waals surface area contributed by atoms with Gasteiger partial charge in [0.25, 0.3) is 0 Å². The predicted octanol–water partition coefficient (Wildman–Crippen LogP) is 3.69. The average molecular weight is 292 g/mol. The van der Waals surface area contributed by atoms with Crippen LogP contribution in [0, 0.1) is 11.3 Å². The van der Waals surface area contributed by atoms with E-state index >= 15 is 0 Å². The molecule has 0 saturated carbocycles. The fraction of sp³-hybridized carbons (Fsp3) is 0.0588. The number of nitrogens with one attached hydrogen (secondary N) is 1. The molecule has 1 aromatic heterocycles. The van der Waals surface area contributed by atoms with Crippen molar-refractivity contribution in [3.05, 3.63) is 75.9 Å². The molecule has 102 valence electrons. The number of para-hydroxylation sites is 1. The third-order valence-electron chi connectivity index (χ3n) is 3.21. The minimum atomic E-state index is -0.206. The lowest BCUT2D eigenvalue weighted by Crippen LogP contribution is -2.09. The Morgan fingerprint density at radius 1 is 1.05 bits per heavy atom. The molecule has 3 aromatic rings. The van der Waals surface area contributed by atoms with Crippen molar-refractivity contribution in [2.75, 3.05) is 0 Å². The lowest BCUT2D eigenvalue weighted by atomic mass is 10.1. The topological polar surface area (TPSA) is 56.6 Å². The number of benzene rings is 2. The van der Waals surface area contributed by atoms with Crippen LogP contribution in [0.5, 0.6) is 0 Å². The first-order valence-electron chi connectivity index (χ1n) is 6.51. The van der Waals surface area contributed by atoms with E-state index < -0.39 is 0 Å². The average Bonchev–Trinajstić information content (AvgIpc) is 2.54. The summed E-state index contributed by atoms with van der Waals surface area (Å²) in [6.07, 6.45) is 0. The second kappa shape index (κ2) is 5.86. The Balaban J connectivity index is 2.02. The van der Waals surface area contributed by atoms with E-state index in [2.05, 4.69) is 4.98 Å². The highest BCUT2D eigenvalue weighted by atomic mass is 32.2. The quantitative estimate of drug-likeness (QED) is 0.749. The Kier molecular flexibility index (Phi) is 3.76. The van der Waals surface area contributed by atoms with E-state index in [1.54, 1.807) is 12.1 Å². The van der Waals surface area contributed by atoms with Crippen molar-refractivity contribution < 1.29 is 0 Å². The molecular formula is C17H12N2OS. The van der Waals surface area contributed by atoms with Crippen molar-refractivity contribution in [3.63, 3.8) is 0 Å². The summed E-state index contributed by atoms with van der Waals surface area (Å²) >= 11 is 1.48. The van der Waals surface area contributed by atoms with Crippen LogP contribution < -0.4 is 5.43 Å². The maximum atomic E-state index is 12.3. The minimum absolute atomic E-state index is 0.189. The van der Waals surface area contributed by atoms with Crippen molar-refractivity contribution in [2.45, 2.75) is 10.8 Å². The lowest BCUT2D eigenvalue weighted by molar-refractivity contribution is 1.14. The summed E-state index contributed by atoms with van der Waals surface area (Å²) in [5.41, 5.74) is 1.90. The van der Waals surface area contributed by atoms with Gasteiger partial charge in [0.2, 0.25) is 5.43 Å². The largest absolute Gasteiger partial charge is 0.348 e. The first kappa shape index (κ1) is 13.5. The van der Waals surface area contributed by atoms with Crippen molar-refractivity contribution in [3.8, 4) is 6.07 Å². The normalized spacial score (nSPS) is 10.4. The number of aromatic nitrogens is 1. The highest BCUT2D eigenvalue weighted by Gasteiger charge is 2.11. The van der Waals surface area contributed by atoms with E-state index in [9.17, 15) is 10.1 Å². The van der Waals surface area contributed by atoms with Gasteiger partial charge in [-0.15, -0.1) is 11.8 Å². The number of aromatic amines is 1. The molecule has 0 radical (unpaired) electrons. The van der Waals surface area contributed by atoms with Crippen LogP contribution in [-0.4, -0.2) is 4.98 Å². The zero-order valence-corrected chi connectivity index (χ0v) is 12.0. The highest BCUT2D eigenvalue weighted by molar-refractivity contribution is 7.98. The number of rotatable bonds is 3. The molecule has 3 nitrogen and oxygen atoms in total.